The van der Waals surface area contributed by atoms with E-state index < -0.39 is 0 Å². The molecule has 0 rings (SSSR count). The van der Waals surface area contributed by atoms with Crippen LogP contribution < -0.4 is 5.32 Å². The van der Waals surface area contributed by atoms with Crippen molar-refractivity contribution in [1.82, 2.24) is 15.1 Å². The zero-order valence-electron chi connectivity index (χ0n) is 16.1. The molecule has 21 heavy (non-hydrogen) atoms. The number of hydrogen-bond donors (Lipinski definition) is 1. The van der Waals surface area contributed by atoms with Crippen LogP contribution >= 0.6 is 0 Å². The maximum Gasteiger partial charge on any atom is 0.0109 e. The molecule has 1 atom stereocenters. The van der Waals surface area contributed by atoms with Gasteiger partial charge < -0.3 is 15.1 Å². The smallest absolute Gasteiger partial charge is 0.0109 e. The van der Waals surface area contributed by atoms with Gasteiger partial charge in [0.25, 0.3) is 0 Å². The molecule has 0 aromatic carbocycles. The molecule has 0 aliphatic heterocycles. The third-order valence-corrected chi connectivity index (χ3v) is 3.91. The van der Waals surface area contributed by atoms with Crippen LogP contribution in [0, 0.1) is 5.41 Å². The molecule has 0 amide bonds. The van der Waals surface area contributed by atoms with E-state index in [1.165, 1.54) is 38.9 Å². The van der Waals surface area contributed by atoms with E-state index in [2.05, 4.69) is 70.8 Å². The molecule has 0 aromatic rings. The highest BCUT2D eigenvalue weighted by molar-refractivity contribution is 4.84. The van der Waals surface area contributed by atoms with Crippen molar-refractivity contribution in [2.45, 2.75) is 66.3 Å². The van der Waals surface area contributed by atoms with Crippen molar-refractivity contribution in [2.75, 3.05) is 46.8 Å². The molecular weight excluding hydrogens is 258 g/mol. The van der Waals surface area contributed by atoms with E-state index in [4.69, 9.17) is 0 Å². The van der Waals surface area contributed by atoms with Crippen LogP contribution in [0.1, 0.15) is 60.8 Å². The van der Waals surface area contributed by atoms with E-state index >= 15 is 0 Å². The molecule has 0 spiro atoms. The van der Waals surface area contributed by atoms with Gasteiger partial charge in [-0.2, -0.15) is 0 Å². The maximum absolute atomic E-state index is 3.72. The van der Waals surface area contributed by atoms with Crippen LogP contribution in [-0.4, -0.2) is 62.2 Å². The highest BCUT2D eigenvalue weighted by Crippen LogP contribution is 2.25. The van der Waals surface area contributed by atoms with Gasteiger partial charge in [-0.3, -0.25) is 0 Å². The minimum atomic E-state index is 0.203. The third kappa shape index (κ3) is 11.1. The molecule has 3 heteroatoms. The Bertz CT molecular complexity index is 258. The van der Waals surface area contributed by atoms with Crippen LogP contribution in [0.15, 0.2) is 0 Å². The van der Waals surface area contributed by atoms with Gasteiger partial charge in [-0.15, -0.1) is 0 Å². The van der Waals surface area contributed by atoms with Gasteiger partial charge in [-0.25, -0.2) is 0 Å². The summed E-state index contributed by atoms with van der Waals surface area (Å²) >= 11 is 0. The van der Waals surface area contributed by atoms with Gasteiger partial charge in [0.1, 0.15) is 0 Å². The van der Waals surface area contributed by atoms with E-state index in [0.29, 0.717) is 5.41 Å². The molecular formula is C18H41N3. The molecule has 0 radical (unpaired) electrons. The molecule has 0 heterocycles. The van der Waals surface area contributed by atoms with Gasteiger partial charge in [0.15, 0.2) is 0 Å². The summed E-state index contributed by atoms with van der Waals surface area (Å²) < 4.78 is 0. The van der Waals surface area contributed by atoms with Crippen molar-refractivity contribution in [3.63, 3.8) is 0 Å². The van der Waals surface area contributed by atoms with Crippen molar-refractivity contribution < 1.29 is 0 Å². The lowest BCUT2D eigenvalue weighted by Crippen LogP contribution is -2.48. The molecule has 1 unspecified atom stereocenters. The fourth-order valence-electron chi connectivity index (χ4n) is 2.77. The molecule has 0 saturated carbocycles. The van der Waals surface area contributed by atoms with Crippen molar-refractivity contribution in [2.24, 2.45) is 5.41 Å². The van der Waals surface area contributed by atoms with Crippen LogP contribution in [0.5, 0.6) is 0 Å². The van der Waals surface area contributed by atoms with Crippen molar-refractivity contribution in [3.8, 4) is 0 Å². The topological polar surface area (TPSA) is 18.5 Å². The Morgan fingerprint density at radius 1 is 0.857 bits per heavy atom. The zero-order valence-corrected chi connectivity index (χ0v) is 16.1. The molecule has 0 aliphatic rings. The third-order valence-electron chi connectivity index (χ3n) is 3.91. The van der Waals surface area contributed by atoms with Crippen LogP contribution in [0.2, 0.25) is 0 Å². The van der Waals surface area contributed by atoms with E-state index in [9.17, 15) is 0 Å². The molecule has 0 aliphatic carbocycles. The lowest BCUT2D eigenvalue weighted by molar-refractivity contribution is 0.133. The van der Waals surface area contributed by atoms with Crippen molar-refractivity contribution in [3.05, 3.63) is 0 Å². The first kappa shape index (κ1) is 20.9. The first-order valence-corrected chi connectivity index (χ1v) is 8.74. The lowest BCUT2D eigenvalue weighted by atomic mass is 9.84. The second-order valence-corrected chi connectivity index (χ2v) is 8.24. The van der Waals surface area contributed by atoms with Gasteiger partial charge >= 0.3 is 0 Å². The first-order valence-electron chi connectivity index (χ1n) is 8.74. The molecule has 0 aromatic heterocycles. The molecule has 3 nitrogen and oxygen atoms in total. The standard InChI is InChI=1S/C18H41N3/c1-9-11-18(6,15-19-17(3,4)5)16-21(12-10-2)14-13-20(7)8/h19H,9-16H2,1-8H3. The Labute approximate surface area is 134 Å². The predicted octanol–water partition coefficient (Wildman–Crippen LogP) is 3.45. The minimum absolute atomic E-state index is 0.203. The summed E-state index contributed by atoms with van der Waals surface area (Å²) in [6.45, 7) is 19.7. The summed E-state index contributed by atoms with van der Waals surface area (Å²) in [5, 5.41) is 3.72. The highest BCUT2D eigenvalue weighted by Gasteiger charge is 2.27. The summed E-state index contributed by atoms with van der Waals surface area (Å²) in [5.74, 6) is 0. The number of nitrogens with zero attached hydrogens (tertiary/aromatic N) is 2. The second kappa shape index (κ2) is 9.81. The minimum Gasteiger partial charge on any atom is -0.311 e. The average Bonchev–Trinajstić information content (AvgIpc) is 2.33. The van der Waals surface area contributed by atoms with E-state index in [1.54, 1.807) is 0 Å². The molecule has 1 N–H and O–H groups in total. The average molecular weight is 300 g/mol. The fraction of sp³-hybridized carbons (Fsp3) is 1.00. The van der Waals surface area contributed by atoms with Crippen LogP contribution in [0.3, 0.4) is 0 Å². The molecule has 128 valence electrons. The fourth-order valence-corrected chi connectivity index (χ4v) is 2.77. The Kier molecular flexibility index (Phi) is 9.75. The Hall–Kier alpha value is -0.120. The largest absolute Gasteiger partial charge is 0.311 e. The number of nitrogens with one attached hydrogen (secondary N) is 1. The van der Waals surface area contributed by atoms with Crippen LogP contribution in [0.25, 0.3) is 0 Å². The normalized spacial score (nSPS) is 15.7. The predicted molar refractivity (Wildman–Crippen MR) is 96.1 cm³/mol. The summed E-state index contributed by atoms with van der Waals surface area (Å²) in [5.41, 5.74) is 0.567. The van der Waals surface area contributed by atoms with Crippen LogP contribution in [0.4, 0.5) is 0 Å². The maximum atomic E-state index is 3.72. The highest BCUT2D eigenvalue weighted by atomic mass is 15.2. The van der Waals surface area contributed by atoms with Crippen LogP contribution in [-0.2, 0) is 0 Å². The number of rotatable bonds is 11. The summed E-state index contributed by atoms with van der Waals surface area (Å²) in [4.78, 5) is 4.94. The Morgan fingerprint density at radius 3 is 1.90 bits per heavy atom. The SMILES string of the molecule is CCCN(CCN(C)C)CC(C)(CCC)CNC(C)(C)C. The van der Waals surface area contributed by atoms with Gasteiger partial charge in [0.05, 0.1) is 0 Å². The van der Waals surface area contributed by atoms with Gasteiger partial charge in [0.2, 0.25) is 0 Å². The summed E-state index contributed by atoms with van der Waals surface area (Å²) in [6, 6.07) is 0. The quantitative estimate of drug-likeness (QED) is 0.630. The second-order valence-electron chi connectivity index (χ2n) is 8.24. The first-order chi connectivity index (χ1) is 9.62. The van der Waals surface area contributed by atoms with Gasteiger partial charge in [-0.1, -0.05) is 27.2 Å². The van der Waals surface area contributed by atoms with Gasteiger partial charge in [-0.05, 0) is 59.7 Å². The Balaban J connectivity index is 4.64. The zero-order chi connectivity index (χ0) is 16.5. The number of hydrogen-bond acceptors (Lipinski definition) is 3. The Morgan fingerprint density at radius 2 is 1.48 bits per heavy atom. The summed E-state index contributed by atoms with van der Waals surface area (Å²) in [6.07, 6.45) is 3.79. The van der Waals surface area contributed by atoms with E-state index in [1.807, 2.05) is 0 Å². The van der Waals surface area contributed by atoms with Gasteiger partial charge in [0, 0.05) is 31.7 Å². The summed E-state index contributed by atoms with van der Waals surface area (Å²) in [7, 11) is 4.33. The van der Waals surface area contributed by atoms with E-state index in [-0.39, 0.29) is 5.54 Å². The lowest BCUT2D eigenvalue weighted by Gasteiger charge is -2.38. The molecule has 0 bridgehead atoms. The van der Waals surface area contributed by atoms with Crippen molar-refractivity contribution in [1.29, 1.82) is 0 Å². The number of likely N-dealkylation sites (N-methyl/N-ethyl adjacent to an activating group) is 1. The monoisotopic (exact) mass is 299 g/mol. The van der Waals surface area contributed by atoms with Crippen molar-refractivity contribution >= 4 is 0 Å². The molecule has 0 fully saturated rings. The molecule has 0 saturated heterocycles. The van der Waals surface area contributed by atoms with E-state index in [0.717, 1.165) is 13.1 Å².